The molecule has 6 heteroatoms. The monoisotopic (exact) mass is 447 g/mol. The molecule has 1 aromatic heterocycles. The minimum Gasteiger partial charge on any atom is -0.494 e. The Morgan fingerprint density at radius 3 is 2.59 bits per heavy atom. The van der Waals surface area contributed by atoms with Crippen molar-refractivity contribution in [3.05, 3.63) is 116 Å². The van der Waals surface area contributed by atoms with Gasteiger partial charge in [0.25, 0.3) is 5.56 Å². The first-order chi connectivity index (χ1) is 15.5. The number of aromatic nitrogens is 1. The maximum absolute atomic E-state index is 14.0. The number of ether oxygens (including phenoxy) is 1. The van der Waals surface area contributed by atoms with Crippen LogP contribution in [0.3, 0.4) is 0 Å². The van der Waals surface area contributed by atoms with Crippen molar-refractivity contribution in [2.45, 2.75) is 6.42 Å². The van der Waals surface area contributed by atoms with Crippen LogP contribution in [-0.4, -0.2) is 17.9 Å². The second-order valence-electron chi connectivity index (χ2n) is 7.25. The average molecular weight is 448 g/mol. The van der Waals surface area contributed by atoms with E-state index < -0.39 is 17.2 Å². The Labute approximate surface area is 188 Å². The fourth-order valence-corrected chi connectivity index (χ4v) is 3.79. The van der Waals surface area contributed by atoms with Gasteiger partial charge in [-0.25, -0.2) is 4.39 Å². The van der Waals surface area contributed by atoms with E-state index in [0.717, 1.165) is 5.56 Å². The van der Waals surface area contributed by atoms with E-state index in [1.165, 1.54) is 31.4 Å². The summed E-state index contributed by atoms with van der Waals surface area (Å²) in [4.78, 5) is 28.8. The Hall–Kier alpha value is -3.70. The van der Waals surface area contributed by atoms with Gasteiger partial charge in [0.2, 0.25) is 0 Å². The zero-order valence-corrected chi connectivity index (χ0v) is 17.9. The number of ketones is 1. The third-order valence-corrected chi connectivity index (χ3v) is 5.39. The first-order valence-corrected chi connectivity index (χ1v) is 10.3. The van der Waals surface area contributed by atoms with E-state index >= 15 is 0 Å². The normalized spacial score (nSPS) is 11.2. The summed E-state index contributed by atoms with van der Waals surface area (Å²) >= 11 is 6.21. The van der Waals surface area contributed by atoms with E-state index in [1.54, 1.807) is 24.3 Å². The highest BCUT2D eigenvalue weighted by Crippen LogP contribution is 2.26. The molecule has 0 atom stereocenters. The molecule has 0 aliphatic heterocycles. The number of fused-ring (bicyclic) bond motifs is 1. The lowest BCUT2D eigenvalue weighted by Gasteiger charge is -2.12. The number of aromatic amines is 1. The molecule has 4 aromatic rings. The number of rotatable bonds is 6. The van der Waals surface area contributed by atoms with Gasteiger partial charge in [-0.05, 0) is 59.5 Å². The predicted molar refractivity (Wildman–Crippen MR) is 125 cm³/mol. The summed E-state index contributed by atoms with van der Waals surface area (Å²) < 4.78 is 18.9. The van der Waals surface area contributed by atoms with Crippen LogP contribution in [0.15, 0.2) is 77.6 Å². The Morgan fingerprint density at radius 2 is 1.88 bits per heavy atom. The third kappa shape index (κ3) is 4.48. The fourth-order valence-electron chi connectivity index (χ4n) is 3.62. The number of hydrogen-bond donors (Lipinski definition) is 1. The Bertz CT molecular complexity index is 1390. The molecule has 0 saturated heterocycles. The molecule has 4 rings (SSSR count). The molecule has 1 N–H and O–H groups in total. The third-order valence-electron chi connectivity index (χ3n) is 5.16. The smallest absolute Gasteiger partial charge is 0.259 e. The van der Waals surface area contributed by atoms with Crippen molar-refractivity contribution in [3.8, 4) is 5.75 Å². The zero-order valence-electron chi connectivity index (χ0n) is 17.2. The van der Waals surface area contributed by atoms with E-state index in [9.17, 15) is 14.0 Å². The molecule has 0 spiro atoms. The maximum atomic E-state index is 14.0. The standard InChI is InChI=1S/C26H19ClFNO3/c1-32-24-12-8-17(14-21(24)28)7-11-23(30)25-20(13-16-5-3-2-4-6-16)19-15-18(27)9-10-22(19)29-26(25)31/h2-12,14-15H,13H2,1H3,(H,29,31)/b11-7+. The second-order valence-corrected chi connectivity index (χ2v) is 7.69. The van der Waals surface area contributed by atoms with Gasteiger partial charge < -0.3 is 9.72 Å². The molecule has 0 bridgehead atoms. The molecular weight excluding hydrogens is 429 g/mol. The number of methoxy groups -OCH3 is 1. The van der Waals surface area contributed by atoms with Crippen molar-refractivity contribution < 1.29 is 13.9 Å². The lowest BCUT2D eigenvalue weighted by molar-refractivity contribution is 0.104. The van der Waals surface area contributed by atoms with Gasteiger partial charge in [-0.15, -0.1) is 0 Å². The molecule has 1 heterocycles. The van der Waals surface area contributed by atoms with Crippen LogP contribution in [0.1, 0.15) is 27.0 Å². The summed E-state index contributed by atoms with van der Waals surface area (Å²) in [6.45, 7) is 0. The molecule has 0 amide bonds. The highest BCUT2D eigenvalue weighted by Gasteiger charge is 2.18. The number of hydrogen-bond acceptors (Lipinski definition) is 3. The Morgan fingerprint density at radius 1 is 1.09 bits per heavy atom. The van der Waals surface area contributed by atoms with Gasteiger partial charge in [-0.1, -0.05) is 54.1 Å². The van der Waals surface area contributed by atoms with Crippen LogP contribution < -0.4 is 10.3 Å². The van der Waals surface area contributed by atoms with E-state index in [0.29, 0.717) is 33.5 Å². The van der Waals surface area contributed by atoms with Crippen molar-refractivity contribution in [1.29, 1.82) is 0 Å². The van der Waals surface area contributed by atoms with Crippen LogP contribution in [0, 0.1) is 5.82 Å². The summed E-state index contributed by atoms with van der Waals surface area (Å²) in [7, 11) is 1.38. The van der Waals surface area contributed by atoms with Crippen molar-refractivity contribution in [1.82, 2.24) is 4.98 Å². The number of carbonyl (C=O) groups excluding carboxylic acids is 1. The number of allylic oxidation sites excluding steroid dienone is 1. The molecule has 0 unspecified atom stereocenters. The van der Waals surface area contributed by atoms with E-state index in [1.807, 2.05) is 30.3 Å². The van der Waals surface area contributed by atoms with Crippen LogP contribution in [0.4, 0.5) is 4.39 Å². The highest BCUT2D eigenvalue weighted by atomic mass is 35.5. The van der Waals surface area contributed by atoms with Gasteiger partial charge >= 0.3 is 0 Å². The Balaban J connectivity index is 1.81. The molecule has 32 heavy (non-hydrogen) atoms. The van der Waals surface area contributed by atoms with Crippen LogP contribution in [0.25, 0.3) is 17.0 Å². The first kappa shape index (κ1) is 21.5. The van der Waals surface area contributed by atoms with Crippen molar-refractivity contribution in [2.75, 3.05) is 7.11 Å². The van der Waals surface area contributed by atoms with Crippen molar-refractivity contribution in [3.63, 3.8) is 0 Å². The minimum absolute atomic E-state index is 0.0360. The van der Waals surface area contributed by atoms with E-state index in [-0.39, 0.29) is 11.3 Å². The number of carbonyl (C=O) groups is 1. The number of H-pyrrole nitrogens is 1. The van der Waals surface area contributed by atoms with Crippen LogP contribution in [0.5, 0.6) is 5.75 Å². The van der Waals surface area contributed by atoms with Gasteiger partial charge in [0, 0.05) is 15.9 Å². The van der Waals surface area contributed by atoms with Crippen molar-refractivity contribution in [2.24, 2.45) is 0 Å². The van der Waals surface area contributed by atoms with Crippen LogP contribution >= 0.6 is 11.6 Å². The lowest BCUT2D eigenvalue weighted by Crippen LogP contribution is -2.20. The first-order valence-electron chi connectivity index (χ1n) is 9.90. The summed E-state index contributed by atoms with van der Waals surface area (Å²) in [5.41, 5.74) is 2.17. The fraction of sp³-hybridized carbons (Fsp3) is 0.0769. The number of pyridine rings is 1. The zero-order chi connectivity index (χ0) is 22.7. The van der Waals surface area contributed by atoms with Crippen molar-refractivity contribution >= 4 is 34.4 Å². The predicted octanol–water partition coefficient (Wildman–Crippen LogP) is 5.82. The molecule has 0 fully saturated rings. The number of benzene rings is 3. The van der Waals surface area contributed by atoms with Gasteiger partial charge in [-0.2, -0.15) is 0 Å². The topological polar surface area (TPSA) is 59.2 Å². The van der Waals surface area contributed by atoms with Crippen LogP contribution in [0.2, 0.25) is 5.02 Å². The highest BCUT2D eigenvalue weighted by molar-refractivity contribution is 6.31. The van der Waals surface area contributed by atoms with Gasteiger partial charge in [0.05, 0.1) is 12.7 Å². The number of nitrogens with one attached hydrogen (secondary N) is 1. The summed E-state index contributed by atoms with van der Waals surface area (Å²) in [6.07, 6.45) is 3.13. The Kier molecular flexibility index (Phi) is 6.19. The SMILES string of the molecule is COc1ccc(/C=C/C(=O)c2c(Cc3ccccc3)c3cc(Cl)ccc3[nH]c2=O)cc1F. The molecule has 0 aliphatic rings. The van der Waals surface area contributed by atoms with Gasteiger partial charge in [0.15, 0.2) is 17.3 Å². The minimum atomic E-state index is -0.537. The molecular formula is C26H19ClFNO3. The summed E-state index contributed by atoms with van der Waals surface area (Å²) in [5.74, 6) is -0.901. The maximum Gasteiger partial charge on any atom is 0.259 e. The molecule has 0 radical (unpaired) electrons. The summed E-state index contributed by atoms with van der Waals surface area (Å²) in [6, 6.07) is 19.1. The lowest BCUT2D eigenvalue weighted by atomic mass is 9.94. The molecule has 4 nitrogen and oxygen atoms in total. The number of halogens is 2. The molecule has 0 aliphatic carbocycles. The quantitative estimate of drug-likeness (QED) is 0.299. The largest absolute Gasteiger partial charge is 0.494 e. The molecule has 3 aromatic carbocycles. The second kappa shape index (κ2) is 9.20. The summed E-state index contributed by atoms with van der Waals surface area (Å²) in [5, 5.41) is 1.20. The molecule has 0 saturated carbocycles. The van der Waals surface area contributed by atoms with E-state index in [2.05, 4.69) is 4.98 Å². The molecule has 160 valence electrons. The van der Waals surface area contributed by atoms with Gasteiger partial charge in [-0.3, -0.25) is 9.59 Å². The van der Waals surface area contributed by atoms with Gasteiger partial charge in [0.1, 0.15) is 0 Å². The van der Waals surface area contributed by atoms with E-state index in [4.69, 9.17) is 16.3 Å². The average Bonchev–Trinajstić information content (AvgIpc) is 2.79. The van der Waals surface area contributed by atoms with Crippen LogP contribution in [-0.2, 0) is 6.42 Å².